The molecule has 0 saturated carbocycles. The number of anilines is 1. The third-order valence-corrected chi connectivity index (χ3v) is 3.41. The summed E-state index contributed by atoms with van der Waals surface area (Å²) in [5.41, 5.74) is 0.403. The molecule has 18 heavy (non-hydrogen) atoms. The van der Waals surface area contributed by atoms with Gasteiger partial charge in [0.15, 0.2) is 5.84 Å². The second-order valence-electron chi connectivity index (χ2n) is 3.93. The van der Waals surface area contributed by atoms with Crippen molar-refractivity contribution in [3.63, 3.8) is 0 Å². The fraction of sp³-hybridized carbons (Fsp3) is 0.273. The number of nitrogens with zero attached hydrogens (tertiary/aromatic N) is 1. The Hall–Kier alpha value is -0.970. The molecule has 4 nitrogen and oxygen atoms in total. The Labute approximate surface area is 119 Å². The van der Waals surface area contributed by atoms with Crippen molar-refractivity contribution < 1.29 is 4.79 Å². The summed E-state index contributed by atoms with van der Waals surface area (Å²) in [6.07, 6.45) is 0. The minimum atomic E-state index is -0.348. The summed E-state index contributed by atoms with van der Waals surface area (Å²) in [4.78, 5) is 15.9. The van der Waals surface area contributed by atoms with Crippen LogP contribution in [0, 0.1) is 0 Å². The van der Waals surface area contributed by atoms with Gasteiger partial charge in [-0.05, 0) is 19.1 Å². The number of amidine groups is 1. The third-order valence-electron chi connectivity index (χ3n) is 2.38. The highest BCUT2D eigenvalue weighted by molar-refractivity contribution is 6.46. The maximum Gasteiger partial charge on any atom is 0.290 e. The molecule has 1 aliphatic heterocycles. The predicted octanol–water partition coefficient (Wildman–Crippen LogP) is 2.98. The Morgan fingerprint density at radius 1 is 1.33 bits per heavy atom. The molecule has 1 aromatic carbocycles. The molecule has 1 unspecified atom stereocenters. The largest absolute Gasteiger partial charge is 0.361 e. The molecular weight excluding hydrogens is 296 g/mol. The monoisotopic (exact) mass is 305 g/mol. The number of hydrogen-bond donors (Lipinski definition) is 2. The molecule has 96 valence electrons. The summed E-state index contributed by atoms with van der Waals surface area (Å²) < 4.78 is 0. The zero-order valence-electron chi connectivity index (χ0n) is 9.43. The minimum absolute atomic E-state index is 0.162. The van der Waals surface area contributed by atoms with Gasteiger partial charge in [0.25, 0.3) is 5.91 Å². The molecule has 2 rings (SSSR count). The molecule has 1 atom stereocenters. The van der Waals surface area contributed by atoms with Gasteiger partial charge in [-0.15, -0.1) is 0 Å². The lowest BCUT2D eigenvalue weighted by molar-refractivity contribution is -0.110. The van der Waals surface area contributed by atoms with Crippen LogP contribution in [0.3, 0.4) is 0 Å². The fourth-order valence-electron chi connectivity index (χ4n) is 1.49. The van der Waals surface area contributed by atoms with E-state index in [2.05, 4.69) is 15.6 Å². The first kappa shape index (κ1) is 13.5. The first-order valence-electron chi connectivity index (χ1n) is 5.24. The van der Waals surface area contributed by atoms with Crippen LogP contribution in [0.2, 0.25) is 15.1 Å². The van der Waals surface area contributed by atoms with E-state index in [9.17, 15) is 4.79 Å². The van der Waals surface area contributed by atoms with E-state index in [4.69, 9.17) is 34.8 Å². The summed E-state index contributed by atoms with van der Waals surface area (Å²) in [5.74, 6) is -0.0516. The maximum absolute atomic E-state index is 11.9. The van der Waals surface area contributed by atoms with Crippen molar-refractivity contribution in [2.24, 2.45) is 4.99 Å². The van der Waals surface area contributed by atoms with E-state index in [-0.39, 0.29) is 11.9 Å². The molecule has 1 aromatic rings. The SMILES string of the molecule is CC1CN=C(C(=O)Nc2cc(Cl)c(Cl)cc2Cl)N1. The van der Waals surface area contributed by atoms with Gasteiger partial charge in [0, 0.05) is 6.04 Å². The molecular formula is C11H10Cl3N3O. The summed E-state index contributed by atoms with van der Waals surface area (Å²) >= 11 is 17.6. The van der Waals surface area contributed by atoms with Gasteiger partial charge < -0.3 is 10.6 Å². The van der Waals surface area contributed by atoms with Crippen LogP contribution in [0.25, 0.3) is 0 Å². The van der Waals surface area contributed by atoms with E-state index in [1.165, 1.54) is 12.1 Å². The van der Waals surface area contributed by atoms with E-state index >= 15 is 0 Å². The Morgan fingerprint density at radius 3 is 2.61 bits per heavy atom. The van der Waals surface area contributed by atoms with Crippen molar-refractivity contribution in [2.75, 3.05) is 11.9 Å². The number of carbonyl (C=O) groups is 1. The Morgan fingerprint density at radius 2 is 2.00 bits per heavy atom. The number of benzene rings is 1. The Bertz CT molecular complexity index is 531. The van der Waals surface area contributed by atoms with Gasteiger partial charge in [-0.3, -0.25) is 9.79 Å². The first-order valence-corrected chi connectivity index (χ1v) is 6.37. The van der Waals surface area contributed by atoms with Crippen molar-refractivity contribution in [1.29, 1.82) is 0 Å². The highest BCUT2D eigenvalue weighted by atomic mass is 35.5. The average Bonchev–Trinajstić information content (AvgIpc) is 2.73. The molecule has 0 radical (unpaired) electrons. The second kappa shape index (κ2) is 5.34. The van der Waals surface area contributed by atoms with Crippen LogP contribution >= 0.6 is 34.8 Å². The molecule has 1 heterocycles. The zero-order chi connectivity index (χ0) is 13.3. The molecule has 1 aliphatic rings. The standard InChI is InChI=1S/C11H10Cl3N3O/c1-5-4-15-10(16-5)11(18)17-9-3-7(13)6(12)2-8(9)14/h2-3,5H,4H2,1H3,(H,15,16)(H,17,18). The minimum Gasteiger partial charge on any atom is -0.361 e. The summed E-state index contributed by atoms with van der Waals surface area (Å²) in [6, 6.07) is 3.14. The second-order valence-corrected chi connectivity index (χ2v) is 5.16. The first-order chi connectivity index (χ1) is 8.47. The molecule has 7 heteroatoms. The predicted molar refractivity (Wildman–Crippen MR) is 75.0 cm³/mol. The molecule has 0 fully saturated rings. The van der Waals surface area contributed by atoms with Crippen molar-refractivity contribution in [3.8, 4) is 0 Å². The number of amides is 1. The third kappa shape index (κ3) is 2.88. The molecule has 0 aliphatic carbocycles. The molecule has 0 aromatic heterocycles. The van der Waals surface area contributed by atoms with Crippen LogP contribution in [0.5, 0.6) is 0 Å². The van der Waals surface area contributed by atoms with Gasteiger partial charge in [-0.1, -0.05) is 34.8 Å². The summed E-state index contributed by atoms with van der Waals surface area (Å²) in [5, 5.41) is 6.57. The van der Waals surface area contributed by atoms with Crippen molar-refractivity contribution in [3.05, 3.63) is 27.2 Å². The van der Waals surface area contributed by atoms with Gasteiger partial charge in [-0.2, -0.15) is 0 Å². The average molecular weight is 307 g/mol. The number of hydrogen-bond acceptors (Lipinski definition) is 3. The van der Waals surface area contributed by atoms with E-state index < -0.39 is 0 Å². The number of nitrogens with one attached hydrogen (secondary N) is 2. The molecule has 2 N–H and O–H groups in total. The Balaban J connectivity index is 2.15. The number of rotatable bonds is 2. The van der Waals surface area contributed by atoms with Gasteiger partial charge in [0.05, 0.1) is 27.3 Å². The zero-order valence-corrected chi connectivity index (χ0v) is 11.7. The molecule has 1 amide bonds. The van der Waals surface area contributed by atoms with Crippen LogP contribution in [0.15, 0.2) is 17.1 Å². The lowest BCUT2D eigenvalue weighted by atomic mass is 10.3. The fourth-order valence-corrected chi connectivity index (χ4v) is 2.08. The van der Waals surface area contributed by atoms with E-state index in [0.29, 0.717) is 33.1 Å². The van der Waals surface area contributed by atoms with E-state index in [0.717, 1.165) is 0 Å². The van der Waals surface area contributed by atoms with Gasteiger partial charge in [0.1, 0.15) is 0 Å². The van der Waals surface area contributed by atoms with Gasteiger partial charge >= 0.3 is 0 Å². The number of carbonyl (C=O) groups excluding carboxylic acids is 1. The normalized spacial score (nSPS) is 18.2. The highest BCUT2D eigenvalue weighted by Crippen LogP contribution is 2.32. The van der Waals surface area contributed by atoms with Crippen molar-refractivity contribution in [1.82, 2.24) is 5.32 Å². The number of halogens is 3. The lowest BCUT2D eigenvalue weighted by Gasteiger charge is -2.09. The highest BCUT2D eigenvalue weighted by Gasteiger charge is 2.20. The van der Waals surface area contributed by atoms with Crippen molar-refractivity contribution >= 4 is 52.2 Å². The topological polar surface area (TPSA) is 53.5 Å². The van der Waals surface area contributed by atoms with Gasteiger partial charge in [0.2, 0.25) is 0 Å². The van der Waals surface area contributed by atoms with Gasteiger partial charge in [-0.25, -0.2) is 0 Å². The van der Waals surface area contributed by atoms with E-state index in [1.54, 1.807) is 0 Å². The lowest BCUT2D eigenvalue weighted by Crippen LogP contribution is -2.36. The van der Waals surface area contributed by atoms with Crippen LogP contribution in [0.4, 0.5) is 5.69 Å². The maximum atomic E-state index is 11.9. The summed E-state index contributed by atoms with van der Waals surface area (Å²) in [7, 11) is 0. The smallest absolute Gasteiger partial charge is 0.290 e. The van der Waals surface area contributed by atoms with Crippen LogP contribution in [-0.2, 0) is 4.79 Å². The number of aliphatic imine (C=N–C) groups is 1. The van der Waals surface area contributed by atoms with Crippen LogP contribution < -0.4 is 10.6 Å². The Kier molecular flexibility index (Phi) is 4.00. The van der Waals surface area contributed by atoms with Crippen LogP contribution in [0.1, 0.15) is 6.92 Å². The van der Waals surface area contributed by atoms with E-state index in [1.807, 2.05) is 6.92 Å². The summed E-state index contributed by atoms with van der Waals surface area (Å²) in [6.45, 7) is 2.52. The molecule has 0 spiro atoms. The van der Waals surface area contributed by atoms with Crippen molar-refractivity contribution in [2.45, 2.75) is 13.0 Å². The quantitative estimate of drug-likeness (QED) is 0.825. The molecule has 0 saturated heterocycles. The van der Waals surface area contributed by atoms with Crippen LogP contribution in [-0.4, -0.2) is 24.3 Å². The molecule has 0 bridgehead atoms.